The van der Waals surface area contributed by atoms with Crippen LogP contribution in [0.3, 0.4) is 0 Å². The molecule has 1 amide bonds. The van der Waals surface area contributed by atoms with Crippen LogP contribution in [0, 0.1) is 0 Å². The number of hydrogen-bond donors (Lipinski definition) is 2. The fourth-order valence-corrected chi connectivity index (χ4v) is 2.82. The number of aromatic nitrogens is 1. The fraction of sp³-hybridized carbons (Fsp3) is 0.0526. The predicted molar refractivity (Wildman–Crippen MR) is 101 cm³/mol. The van der Waals surface area contributed by atoms with E-state index in [0.29, 0.717) is 5.02 Å². The van der Waals surface area contributed by atoms with E-state index >= 15 is 0 Å². The van der Waals surface area contributed by atoms with Gasteiger partial charge in [0.05, 0.1) is 16.2 Å². The lowest BCUT2D eigenvalue weighted by atomic mass is 10.0. The first-order valence-corrected chi connectivity index (χ1v) is 7.80. The molecule has 0 saturated carbocycles. The van der Waals surface area contributed by atoms with Gasteiger partial charge in [-0.3, -0.25) is 9.78 Å². The zero-order valence-electron chi connectivity index (χ0n) is 13.1. The minimum atomic E-state index is -0.237. The molecule has 120 valence electrons. The Morgan fingerprint density at radius 1 is 1.21 bits per heavy atom. The molecule has 1 aromatic heterocycles. The summed E-state index contributed by atoms with van der Waals surface area (Å²) in [4.78, 5) is 15.8. The molecule has 2 aromatic carbocycles. The van der Waals surface area contributed by atoms with Gasteiger partial charge in [0.25, 0.3) is 0 Å². The van der Waals surface area contributed by atoms with Crippen LogP contribution >= 0.6 is 11.6 Å². The Balaban J connectivity index is 2.08. The molecule has 2 N–H and O–H groups in total. The summed E-state index contributed by atoms with van der Waals surface area (Å²) in [6, 6.07) is 13.6. The number of rotatable bonds is 4. The minimum absolute atomic E-state index is 0.237. The minimum Gasteiger partial charge on any atom is -0.386 e. The first kappa shape index (κ1) is 16.0. The molecule has 3 aromatic rings. The zero-order valence-corrected chi connectivity index (χ0v) is 13.9. The third-order valence-corrected chi connectivity index (χ3v) is 4.01. The molecule has 1 heterocycles. The molecule has 0 aliphatic rings. The number of nitrogens with one attached hydrogen (secondary N) is 2. The summed E-state index contributed by atoms with van der Waals surface area (Å²) in [6.45, 7) is 3.46. The average molecular weight is 338 g/mol. The van der Waals surface area contributed by atoms with Crippen LogP contribution < -0.4 is 10.6 Å². The monoisotopic (exact) mass is 337 g/mol. The van der Waals surface area contributed by atoms with E-state index in [9.17, 15) is 4.79 Å². The van der Waals surface area contributed by atoms with Gasteiger partial charge in [-0.2, -0.15) is 0 Å². The number of carbonyl (C=O) groups is 1. The van der Waals surface area contributed by atoms with Gasteiger partial charge in [0.15, 0.2) is 0 Å². The van der Waals surface area contributed by atoms with Crippen molar-refractivity contribution in [2.45, 2.75) is 0 Å². The van der Waals surface area contributed by atoms with E-state index in [-0.39, 0.29) is 5.91 Å². The molecule has 0 aliphatic heterocycles. The molecule has 0 aliphatic carbocycles. The van der Waals surface area contributed by atoms with Gasteiger partial charge >= 0.3 is 0 Å². The molecule has 0 radical (unpaired) electrons. The van der Waals surface area contributed by atoms with Gasteiger partial charge in [0.2, 0.25) is 5.91 Å². The molecule has 0 bridgehead atoms. The molecule has 3 rings (SSSR count). The molecule has 5 heteroatoms. The lowest BCUT2D eigenvalue weighted by Gasteiger charge is -2.11. The highest BCUT2D eigenvalue weighted by Crippen LogP contribution is 2.33. The maximum absolute atomic E-state index is 11.5. The number of benzene rings is 2. The van der Waals surface area contributed by atoms with E-state index in [0.717, 1.165) is 33.4 Å². The van der Waals surface area contributed by atoms with Crippen LogP contribution in [0.25, 0.3) is 22.0 Å². The van der Waals surface area contributed by atoms with E-state index in [1.54, 1.807) is 6.20 Å². The normalized spacial score (nSPS) is 10.4. The summed E-state index contributed by atoms with van der Waals surface area (Å²) in [5.74, 6) is -0.237. The molecule has 0 saturated heterocycles. The molecular weight excluding hydrogens is 322 g/mol. The van der Waals surface area contributed by atoms with Crippen LogP contribution in [0.15, 0.2) is 61.3 Å². The van der Waals surface area contributed by atoms with Crippen LogP contribution in [0.2, 0.25) is 5.02 Å². The summed E-state index contributed by atoms with van der Waals surface area (Å²) >= 11 is 6.22. The summed E-state index contributed by atoms with van der Waals surface area (Å²) in [6.07, 6.45) is 2.89. The zero-order chi connectivity index (χ0) is 17.1. The first-order chi connectivity index (χ1) is 11.6. The number of hydrogen-bond acceptors (Lipinski definition) is 3. The third-order valence-electron chi connectivity index (χ3n) is 3.72. The second kappa shape index (κ2) is 6.72. The Labute approximate surface area is 145 Å². The third kappa shape index (κ3) is 3.09. The number of carbonyl (C=O) groups excluding carboxylic acids is 1. The number of nitrogens with zero attached hydrogens (tertiary/aromatic N) is 1. The number of halogens is 1. The van der Waals surface area contributed by atoms with Gasteiger partial charge in [0.1, 0.15) is 0 Å². The maximum atomic E-state index is 11.5. The number of pyridine rings is 1. The van der Waals surface area contributed by atoms with Gasteiger partial charge in [-0.25, -0.2) is 0 Å². The van der Waals surface area contributed by atoms with E-state index in [1.807, 2.05) is 49.5 Å². The number of anilines is 2. The Hall–Kier alpha value is -2.85. The van der Waals surface area contributed by atoms with Gasteiger partial charge in [-0.05, 0) is 41.5 Å². The highest BCUT2D eigenvalue weighted by molar-refractivity contribution is 6.34. The lowest BCUT2D eigenvalue weighted by Crippen LogP contribution is -2.06. The van der Waals surface area contributed by atoms with Crippen molar-refractivity contribution in [1.29, 1.82) is 0 Å². The number of amides is 1. The van der Waals surface area contributed by atoms with E-state index in [4.69, 9.17) is 11.6 Å². The Morgan fingerprint density at radius 2 is 2.00 bits per heavy atom. The quantitative estimate of drug-likeness (QED) is 0.677. The average Bonchev–Trinajstić information content (AvgIpc) is 2.61. The van der Waals surface area contributed by atoms with Crippen molar-refractivity contribution in [3.8, 4) is 11.1 Å². The van der Waals surface area contributed by atoms with Crippen LogP contribution in [-0.4, -0.2) is 17.9 Å². The molecule has 4 nitrogen and oxygen atoms in total. The van der Waals surface area contributed by atoms with Crippen molar-refractivity contribution in [3.05, 3.63) is 66.3 Å². The second-order valence-corrected chi connectivity index (χ2v) is 5.64. The standard InChI is InChI=1S/C19H16ClN3O/c1-3-18(24)23-14-6-4-5-12(9-14)13-7-8-17-15(10-13)19(21-2)16(20)11-22-17/h3-11H,1H2,2H3,(H,21,22)(H,23,24). The largest absolute Gasteiger partial charge is 0.386 e. The Bertz CT molecular complexity index is 937. The van der Waals surface area contributed by atoms with Crippen LogP contribution in [-0.2, 0) is 4.79 Å². The van der Waals surface area contributed by atoms with Crippen molar-refractivity contribution in [2.24, 2.45) is 0 Å². The van der Waals surface area contributed by atoms with Crippen LogP contribution in [0.4, 0.5) is 11.4 Å². The van der Waals surface area contributed by atoms with Gasteiger partial charge in [0, 0.05) is 24.3 Å². The highest BCUT2D eigenvalue weighted by atomic mass is 35.5. The number of fused-ring (bicyclic) bond motifs is 1. The maximum Gasteiger partial charge on any atom is 0.247 e. The van der Waals surface area contributed by atoms with Crippen molar-refractivity contribution < 1.29 is 4.79 Å². The van der Waals surface area contributed by atoms with E-state index in [2.05, 4.69) is 22.2 Å². The smallest absolute Gasteiger partial charge is 0.247 e. The molecule has 0 atom stereocenters. The van der Waals surface area contributed by atoms with Crippen LogP contribution in [0.5, 0.6) is 0 Å². The molecular formula is C19H16ClN3O. The van der Waals surface area contributed by atoms with Gasteiger partial charge in [-0.15, -0.1) is 0 Å². The topological polar surface area (TPSA) is 54.0 Å². The van der Waals surface area contributed by atoms with E-state index in [1.165, 1.54) is 6.08 Å². The van der Waals surface area contributed by atoms with Crippen molar-refractivity contribution in [1.82, 2.24) is 4.98 Å². The summed E-state index contributed by atoms with van der Waals surface area (Å²) < 4.78 is 0. The summed E-state index contributed by atoms with van der Waals surface area (Å²) in [7, 11) is 1.83. The summed E-state index contributed by atoms with van der Waals surface area (Å²) in [5.41, 5.74) is 4.43. The van der Waals surface area contributed by atoms with Crippen LogP contribution in [0.1, 0.15) is 0 Å². The van der Waals surface area contributed by atoms with E-state index < -0.39 is 0 Å². The lowest BCUT2D eigenvalue weighted by molar-refractivity contribution is -0.111. The molecule has 0 unspecified atom stereocenters. The van der Waals surface area contributed by atoms with Gasteiger partial charge in [-0.1, -0.05) is 36.4 Å². The van der Waals surface area contributed by atoms with Gasteiger partial charge < -0.3 is 10.6 Å². The van der Waals surface area contributed by atoms with Crippen molar-refractivity contribution >= 4 is 39.8 Å². The predicted octanol–water partition coefficient (Wildman–Crippen LogP) is 4.72. The second-order valence-electron chi connectivity index (χ2n) is 5.24. The molecule has 0 spiro atoms. The highest BCUT2D eigenvalue weighted by Gasteiger charge is 2.08. The molecule has 24 heavy (non-hydrogen) atoms. The SMILES string of the molecule is C=CC(=O)Nc1cccc(-c2ccc3ncc(Cl)c(NC)c3c2)c1. The Kier molecular flexibility index (Phi) is 4.49. The van der Waals surface area contributed by atoms with Crippen molar-refractivity contribution in [2.75, 3.05) is 17.7 Å². The van der Waals surface area contributed by atoms with Crippen molar-refractivity contribution in [3.63, 3.8) is 0 Å². The molecule has 0 fully saturated rings. The summed E-state index contributed by atoms with van der Waals surface area (Å²) in [5, 5.41) is 7.41. The first-order valence-electron chi connectivity index (χ1n) is 7.42. The fourth-order valence-electron chi connectivity index (χ4n) is 2.57. The Morgan fingerprint density at radius 3 is 2.75 bits per heavy atom.